The van der Waals surface area contributed by atoms with Gasteiger partial charge in [-0.05, 0) is 38.7 Å². The van der Waals surface area contributed by atoms with Gasteiger partial charge < -0.3 is 4.74 Å². The molecule has 2 aliphatic rings. The van der Waals surface area contributed by atoms with Crippen LogP contribution < -0.4 is 0 Å². The van der Waals surface area contributed by atoms with Crippen LogP contribution in [0.3, 0.4) is 0 Å². The molecular formula is C14H15NO3. The molecule has 2 heterocycles. The van der Waals surface area contributed by atoms with Crippen molar-refractivity contribution < 1.29 is 14.3 Å². The molecule has 1 aliphatic carbocycles. The van der Waals surface area contributed by atoms with Crippen molar-refractivity contribution in [3.8, 4) is 0 Å². The van der Waals surface area contributed by atoms with Gasteiger partial charge in [0.2, 0.25) is 0 Å². The number of pyridine rings is 1. The number of ether oxygens (including phenoxy) is 1. The summed E-state index contributed by atoms with van der Waals surface area (Å²) in [6.45, 7) is 1.64. The van der Waals surface area contributed by atoms with Crippen molar-refractivity contribution in [3.05, 3.63) is 29.6 Å². The summed E-state index contributed by atoms with van der Waals surface area (Å²) in [5, 5.41) is 0. The molecule has 1 aromatic rings. The monoisotopic (exact) mass is 245 g/mol. The van der Waals surface area contributed by atoms with Crippen LogP contribution in [0.4, 0.5) is 0 Å². The predicted molar refractivity (Wildman–Crippen MR) is 64.0 cm³/mol. The molecule has 1 aliphatic heterocycles. The number of hydrogen-bond acceptors (Lipinski definition) is 4. The third-order valence-electron chi connectivity index (χ3n) is 4.19. The second kappa shape index (κ2) is 3.90. The Morgan fingerprint density at radius 2 is 2.17 bits per heavy atom. The Balaban J connectivity index is 1.91. The first-order valence-corrected chi connectivity index (χ1v) is 6.31. The van der Waals surface area contributed by atoms with Crippen molar-refractivity contribution in [2.45, 2.75) is 38.2 Å². The van der Waals surface area contributed by atoms with Crippen molar-refractivity contribution >= 4 is 11.8 Å². The summed E-state index contributed by atoms with van der Waals surface area (Å²) in [6, 6.07) is 1.71. The molecular weight excluding hydrogens is 230 g/mol. The standard InChI is InChI=1S/C14H15NO3/c1-9(16)10-2-5-14(6-3-10)12-8-15-7-4-11(12)13(17)18-14/h4,7-8,10H,2-3,5-6H2,1H3/t10-,14-. The van der Waals surface area contributed by atoms with Gasteiger partial charge in [0.25, 0.3) is 0 Å². The van der Waals surface area contributed by atoms with E-state index in [-0.39, 0.29) is 17.7 Å². The molecule has 0 atom stereocenters. The van der Waals surface area contributed by atoms with Crippen molar-refractivity contribution in [1.29, 1.82) is 0 Å². The van der Waals surface area contributed by atoms with Crippen LogP contribution in [0.2, 0.25) is 0 Å². The Labute approximate surface area is 105 Å². The number of fused-ring (bicyclic) bond motifs is 2. The highest BCUT2D eigenvalue weighted by molar-refractivity contribution is 5.94. The normalized spacial score (nSPS) is 30.1. The van der Waals surface area contributed by atoms with Gasteiger partial charge in [-0.25, -0.2) is 4.79 Å². The number of esters is 1. The first-order valence-electron chi connectivity index (χ1n) is 6.31. The lowest BCUT2D eigenvalue weighted by Crippen LogP contribution is -2.33. The quantitative estimate of drug-likeness (QED) is 0.712. The van der Waals surface area contributed by atoms with Crippen LogP contribution in [-0.2, 0) is 15.1 Å². The van der Waals surface area contributed by atoms with Crippen molar-refractivity contribution in [2.75, 3.05) is 0 Å². The molecule has 0 saturated heterocycles. The molecule has 1 aromatic heterocycles. The maximum Gasteiger partial charge on any atom is 0.339 e. The third kappa shape index (κ3) is 1.55. The molecule has 4 heteroatoms. The third-order valence-corrected chi connectivity index (χ3v) is 4.19. The average Bonchev–Trinajstić information content (AvgIpc) is 2.64. The molecule has 4 nitrogen and oxygen atoms in total. The molecule has 1 fully saturated rings. The van der Waals surface area contributed by atoms with Crippen LogP contribution in [0.5, 0.6) is 0 Å². The molecule has 0 bridgehead atoms. The van der Waals surface area contributed by atoms with Crippen molar-refractivity contribution in [1.82, 2.24) is 4.98 Å². The summed E-state index contributed by atoms with van der Waals surface area (Å²) in [4.78, 5) is 27.3. The van der Waals surface area contributed by atoms with Gasteiger partial charge in [0.1, 0.15) is 11.4 Å². The summed E-state index contributed by atoms with van der Waals surface area (Å²) >= 11 is 0. The van der Waals surface area contributed by atoms with Gasteiger partial charge >= 0.3 is 5.97 Å². The summed E-state index contributed by atoms with van der Waals surface area (Å²) in [6.07, 6.45) is 6.37. The number of ketones is 1. The number of rotatable bonds is 1. The Kier molecular flexibility index (Phi) is 2.47. The summed E-state index contributed by atoms with van der Waals surface area (Å²) < 4.78 is 5.60. The Bertz CT molecular complexity index is 516. The molecule has 3 rings (SSSR count). The smallest absolute Gasteiger partial charge is 0.339 e. The van der Waals surface area contributed by atoms with Gasteiger partial charge in [-0.3, -0.25) is 9.78 Å². The SMILES string of the molecule is CC(=O)[C@H]1CC[C@@]2(CC1)OC(=O)c1ccncc12. The fourth-order valence-corrected chi connectivity index (χ4v) is 3.08. The first kappa shape index (κ1) is 11.4. The largest absolute Gasteiger partial charge is 0.450 e. The minimum atomic E-state index is -0.521. The zero-order valence-corrected chi connectivity index (χ0v) is 10.3. The van der Waals surface area contributed by atoms with Crippen LogP contribution in [0.25, 0.3) is 0 Å². The van der Waals surface area contributed by atoms with E-state index < -0.39 is 5.60 Å². The fourth-order valence-electron chi connectivity index (χ4n) is 3.08. The van der Waals surface area contributed by atoms with Gasteiger partial charge in [-0.15, -0.1) is 0 Å². The predicted octanol–water partition coefficient (Wildman–Crippen LogP) is 2.23. The van der Waals surface area contributed by atoms with Gasteiger partial charge in [-0.1, -0.05) is 0 Å². The van der Waals surface area contributed by atoms with E-state index in [1.165, 1.54) is 0 Å². The lowest BCUT2D eigenvalue weighted by Gasteiger charge is -2.35. The van der Waals surface area contributed by atoms with E-state index in [2.05, 4.69) is 4.98 Å². The summed E-state index contributed by atoms with van der Waals surface area (Å²) in [7, 11) is 0. The van der Waals surface area contributed by atoms with Gasteiger partial charge in [0, 0.05) is 23.9 Å². The van der Waals surface area contributed by atoms with E-state index >= 15 is 0 Å². The van der Waals surface area contributed by atoms with Crippen LogP contribution >= 0.6 is 0 Å². The fraction of sp³-hybridized carbons (Fsp3) is 0.500. The van der Waals surface area contributed by atoms with Crippen LogP contribution in [0.15, 0.2) is 18.5 Å². The topological polar surface area (TPSA) is 56.3 Å². The van der Waals surface area contributed by atoms with Crippen LogP contribution in [-0.4, -0.2) is 16.7 Å². The molecule has 0 N–H and O–H groups in total. The van der Waals surface area contributed by atoms with Gasteiger partial charge in [0.05, 0.1) is 5.56 Å². The molecule has 1 spiro atoms. The molecule has 0 unspecified atom stereocenters. The minimum absolute atomic E-state index is 0.120. The van der Waals surface area contributed by atoms with E-state index in [1.54, 1.807) is 25.4 Å². The van der Waals surface area contributed by atoms with E-state index in [4.69, 9.17) is 4.74 Å². The Morgan fingerprint density at radius 3 is 2.83 bits per heavy atom. The Morgan fingerprint density at radius 1 is 1.44 bits per heavy atom. The van der Waals surface area contributed by atoms with E-state index in [0.29, 0.717) is 5.56 Å². The minimum Gasteiger partial charge on any atom is -0.450 e. The van der Waals surface area contributed by atoms with E-state index in [1.807, 2.05) is 0 Å². The number of aromatic nitrogens is 1. The van der Waals surface area contributed by atoms with Gasteiger partial charge in [0.15, 0.2) is 0 Å². The lowest BCUT2D eigenvalue weighted by molar-refractivity contribution is -0.123. The number of carbonyl (C=O) groups excluding carboxylic acids is 2. The van der Waals surface area contributed by atoms with Crippen LogP contribution in [0, 0.1) is 5.92 Å². The number of Topliss-reactive ketones (excluding diaryl/α,β-unsaturated/α-hetero) is 1. The average molecular weight is 245 g/mol. The van der Waals surface area contributed by atoms with E-state index in [9.17, 15) is 9.59 Å². The summed E-state index contributed by atoms with van der Waals surface area (Å²) in [5.74, 6) is 0.101. The number of carbonyl (C=O) groups is 2. The molecule has 1 saturated carbocycles. The lowest BCUT2D eigenvalue weighted by atomic mass is 9.74. The number of nitrogens with zero attached hydrogens (tertiary/aromatic N) is 1. The number of hydrogen-bond donors (Lipinski definition) is 0. The van der Waals surface area contributed by atoms with Crippen molar-refractivity contribution in [2.24, 2.45) is 5.92 Å². The summed E-state index contributed by atoms with van der Waals surface area (Å²) in [5.41, 5.74) is 1.01. The molecule has 0 radical (unpaired) electrons. The van der Waals surface area contributed by atoms with Gasteiger partial charge in [-0.2, -0.15) is 0 Å². The molecule has 94 valence electrons. The highest BCUT2D eigenvalue weighted by Crippen LogP contribution is 2.47. The molecule has 18 heavy (non-hydrogen) atoms. The zero-order chi connectivity index (χ0) is 12.8. The maximum absolute atomic E-state index is 11.8. The second-order valence-electron chi connectivity index (χ2n) is 5.19. The Hall–Kier alpha value is -1.71. The maximum atomic E-state index is 11.8. The van der Waals surface area contributed by atoms with Crippen LogP contribution in [0.1, 0.15) is 48.5 Å². The molecule has 0 amide bonds. The molecule has 0 aromatic carbocycles. The zero-order valence-electron chi connectivity index (χ0n) is 10.3. The van der Waals surface area contributed by atoms with E-state index in [0.717, 1.165) is 31.2 Å². The highest BCUT2D eigenvalue weighted by atomic mass is 16.6. The van der Waals surface area contributed by atoms with Crippen molar-refractivity contribution in [3.63, 3.8) is 0 Å². The second-order valence-corrected chi connectivity index (χ2v) is 5.19. The highest BCUT2D eigenvalue weighted by Gasteiger charge is 2.48. The first-order chi connectivity index (χ1) is 8.62.